The number of hydrogen-bond acceptors (Lipinski definition) is 3. The first-order valence-corrected chi connectivity index (χ1v) is 7.61. The van der Waals surface area contributed by atoms with E-state index >= 15 is 0 Å². The van der Waals surface area contributed by atoms with Gasteiger partial charge in [-0.3, -0.25) is 0 Å². The topological polar surface area (TPSA) is 72.5 Å². The second-order valence-corrected chi connectivity index (χ2v) is 5.75. The molecule has 0 heterocycles. The first-order chi connectivity index (χ1) is 7.93. The molecule has 0 bridgehead atoms. The quantitative estimate of drug-likeness (QED) is 0.685. The molecule has 4 nitrogen and oxygen atoms in total. The maximum Gasteiger partial charge on any atom is 0.277 e. The third kappa shape index (κ3) is 5.25. The van der Waals surface area contributed by atoms with Crippen molar-refractivity contribution in [3.63, 3.8) is 0 Å². The van der Waals surface area contributed by atoms with E-state index in [4.69, 9.17) is 17.3 Å². The molecule has 92 valence electrons. The zero-order valence-electron chi connectivity index (χ0n) is 9.00. The minimum Gasteiger partial charge on any atom is -0.378 e. The van der Waals surface area contributed by atoms with Gasteiger partial charge in [0.05, 0.1) is 5.41 Å². The Morgan fingerprint density at radius 1 is 1.41 bits per heavy atom. The molecule has 0 radical (unpaired) electrons. The maximum atomic E-state index is 11.4. The Morgan fingerprint density at radius 3 is 2.53 bits per heavy atom. The van der Waals surface area contributed by atoms with Gasteiger partial charge in [0.25, 0.3) is 10.0 Å². The second kappa shape index (κ2) is 6.09. The molecule has 0 fully saturated rings. The predicted molar refractivity (Wildman–Crippen MR) is 74.5 cm³/mol. The normalized spacial score (nSPS) is 13.2. The number of nitrogens with two attached hydrogens (primary N) is 1. The van der Waals surface area contributed by atoms with Crippen LogP contribution in [0.15, 0.2) is 34.1 Å². The van der Waals surface area contributed by atoms with E-state index in [2.05, 4.69) is 4.40 Å². The number of benzene rings is 1. The fraction of sp³-hybridized carbons (Fsp3) is 0.100. The van der Waals surface area contributed by atoms with Gasteiger partial charge in [-0.2, -0.15) is 8.42 Å². The van der Waals surface area contributed by atoms with Crippen molar-refractivity contribution in [2.75, 3.05) is 6.26 Å². The molecular formula is C10H11ClN2O2S2. The Bertz CT molecular complexity index is 536. The molecule has 0 aromatic heterocycles. The zero-order chi connectivity index (χ0) is 12.9. The van der Waals surface area contributed by atoms with Crippen LogP contribution in [0.5, 0.6) is 0 Å². The minimum absolute atomic E-state index is 0.00533. The highest BCUT2D eigenvalue weighted by atomic mass is 35.5. The number of nitrogens with zero attached hydrogens (tertiary/aromatic N) is 1. The highest BCUT2D eigenvalue weighted by molar-refractivity contribution is 8.13. The van der Waals surface area contributed by atoms with Gasteiger partial charge in [0.15, 0.2) is 5.17 Å². The van der Waals surface area contributed by atoms with Crippen LogP contribution in [0.1, 0.15) is 5.56 Å². The van der Waals surface area contributed by atoms with Crippen LogP contribution in [0.25, 0.3) is 6.08 Å². The molecule has 0 saturated carbocycles. The van der Waals surface area contributed by atoms with Gasteiger partial charge in [0, 0.05) is 5.02 Å². The first kappa shape index (κ1) is 14.1. The Morgan fingerprint density at radius 2 is 2.00 bits per heavy atom. The van der Waals surface area contributed by atoms with Crippen molar-refractivity contribution in [3.8, 4) is 0 Å². The van der Waals surface area contributed by atoms with Gasteiger partial charge in [0.1, 0.15) is 0 Å². The molecule has 1 rings (SSSR count). The molecular weight excluding hydrogens is 280 g/mol. The number of thioether (sulfide) groups is 1. The van der Waals surface area contributed by atoms with Gasteiger partial charge in [-0.25, -0.2) is 0 Å². The van der Waals surface area contributed by atoms with Crippen molar-refractivity contribution in [1.82, 2.24) is 0 Å². The maximum absolute atomic E-state index is 11.4. The highest BCUT2D eigenvalue weighted by Gasteiger charge is 2.03. The van der Waals surface area contributed by atoms with Crippen molar-refractivity contribution in [2.24, 2.45) is 10.1 Å². The lowest BCUT2D eigenvalue weighted by atomic mass is 10.2. The van der Waals surface area contributed by atoms with Gasteiger partial charge in [-0.05, 0) is 30.0 Å². The number of rotatable bonds is 3. The van der Waals surface area contributed by atoms with Crippen LogP contribution in [0, 0.1) is 0 Å². The van der Waals surface area contributed by atoms with Crippen molar-refractivity contribution in [2.45, 2.75) is 0 Å². The van der Waals surface area contributed by atoms with Crippen LogP contribution >= 0.6 is 23.4 Å². The van der Waals surface area contributed by atoms with Crippen LogP contribution in [0.4, 0.5) is 0 Å². The largest absolute Gasteiger partial charge is 0.378 e. The minimum atomic E-state index is -3.67. The Balaban J connectivity index is 2.88. The fourth-order valence-electron chi connectivity index (χ4n) is 0.932. The number of amidine groups is 1. The Hall–Kier alpha value is -0.980. The summed E-state index contributed by atoms with van der Waals surface area (Å²) in [4.78, 5) is 0. The zero-order valence-corrected chi connectivity index (χ0v) is 11.4. The van der Waals surface area contributed by atoms with Crippen LogP contribution in [0.2, 0.25) is 5.02 Å². The molecule has 0 atom stereocenters. The Kier molecular flexibility index (Phi) is 5.04. The first-order valence-electron chi connectivity index (χ1n) is 4.51. The van der Waals surface area contributed by atoms with Gasteiger partial charge in [-0.15, -0.1) is 4.40 Å². The molecule has 2 N–H and O–H groups in total. The molecule has 0 aliphatic rings. The van der Waals surface area contributed by atoms with Crippen LogP contribution in [-0.2, 0) is 10.0 Å². The number of sulfonamides is 1. The van der Waals surface area contributed by atoms with Crippen molar-refractivity contribution >= 4 is 44.6 Å². The van der Waals surface area contributed by atoms with Gasteiger partial charge in [-0.1, -0.05) is 35.5 Å². The molecule has 0 saturated heterocycles. The summed E-state index contributed by atoms with van der Waals surface area (Å²) in [5, 5.41) is 1.60. The van der Waals surface area contributed by atoms with E-state index in [1.807, 2.05) is 0 Å². The lowest BCUT2D eigenvalue weighted by Gasteiger charge is -1.95. The van der Waals surface area contributed by atoms with E-state index < -0.39 is 10.0 Å². The van der Waals surface area contributed by atoms with Gasteiger partial charge < -0.3 is 5.73 Å². The van der Waals surface area contributed by atoms with Crippen LogP contribution in [-0.4, -0.2) is 19.8 Å². The van der Waals surface area contributed by atoms with Crippen LogP contribution in [0.3, 0.4) is 0 Å². The summed E-state index contributed by atoms with van der Waals surface area (Å²) in [5.41, 5.74) is 6.05. The summed E-state index contributed by atoms with van der Waals surface area (Å²) in [6.07, 6.45) is 3.08. The van der Waals surface area contributed by atoms with E-state index in [0.29, 0.717) is 5.02 Å². The summed E-state index contributed by atoms with van der Waals surface area (Å²) < 4.78 is 26.3. The molecule has 7 heteroatoms. The predicted octanol–water partition coefficient (Wildman–Crippen LogP) is 2.32. The molecule has 0 aliphatic carbocycles. The Labute approximate surface area is 110 Å². The molecule has 0 unspecified atom stereocenters. The third-order valence-corrected chi connectivity index (χ3v) is 3.54. The van der Waals surface area contributed by atoms with Gasteiger partial charge in [0.2, 0.25) is 0 Å². The van der Waals surface area contributed by atoms with E-state index in [1.54, 1.807) is 30.5 Å². The summed E-state index contributed by atoms with van der Waals surface area (Å²) in [5.74, 6) is 0. The van der Waals surface area contributed by atoms with Crippen molar-refractivity contribution < 1.29 is 8.42 Å². The van der Waals surface area contributed by atoms with E-state index in [-0.39, 0.29) is 5.17 Å². The average Bonchev–Trinajstić information content (AvgIpc) is 2.28. The molecule has 0 aliphatic heterocycles. The SMILES string of the molecule is CSC(N)=NS(=O)(=O)C=Cc1ccc(Cl)cc1. The average molecular weight is 291 g/mol. The van der Waals surface area contributed by atoms with E-state index in [0.717, 1.165) is 22.7 Å². The molecule has 0 spiro atoms. The summed E-state index contributed by atoms with van der Waals surface area (Å²) >= 11 is 6.78. The van der Waals surface area contributed by atoms with E-state index in [1.165, 1.54) is 6.08 Å². The molecule has 0 amide bonds. The summed E-state index contributed by atoms with van der Waals surface area (Å²) in [6, 6.07) is 6.76. The van der Waals surface area contributed by atoms with Gasteiger partial charge >= 0.3 is 0 Å². The number of halogens is 1. The lowest BCUT2D eigenvalue weighted by molar-refractivity contribution is 0.606. The van der Waals surface area contributed by atoms with E-state index in [9.17, 15) is 8.42 Å². The number of hydrogen-bond donors (Lipinski definition) is 1. The van der Waals surface area contributed by atoms with Crippen LogP contribution < -0.4 is 5.73 Å². The summed E-state index contributed by atoms with van der Waals surface area (Å²) in [6.45, 7) is 0. The fourth-order valence-corrected chi connectivity index (χ4v) is 2.31. The standard InChI is InChI=1S/C10H11ClN2O2S2/c1-16-10(12)13-17(14,15)7-6-8-2-4-9(11)5-3-8/h2-7H,1H3,(H2,12,13). The second-order valence-electron chi connectivity index (χ2n) is 3.00. The monoisotopic (exact) mass is 290 g/mol. The molecule has 1 aromatic rings. The van der Waals surface area contributed by atoms with Crippen molar-refractivity contribution in [1.29, 1.82) is 0 Å². The highest BCUT2D eigenvalue weighted by Crippen LogP contribution is 2.11. The lowest BCUT2D eigenvalue weighted by Crippen LogP contribution is -2.08. The summed E-state index contributed by atoms with van der Waals surface area (Å²) in [7, 11) is -3.67. The molecule has 17 heavy (non-hydrogen) atoms. The third-order valence-electron chi connectivity index (χ3n) is 1.73. The molecule has 1 aromatic carbocycles. The van der Waals surface area contributed by atoms with Crippen molar-refractivity contribution in [3.05, 3.63) is 40.3 Å². The smallest absolute Gasteiger partial charge is 0.277 e.